The molecule has 0 fully saturated rings. The molecule has 2 heterocycles. The molecule has 3 rings (SSSR count). The van der Waals surface area contributed by atoms with Gasteiger partial charge in [-0.25, -0.2) is 4.98 Å². The Morgan fingerprint density at radius 3 is 2.65 bits per heavy atom. The van der Waals surface area contributed by atoms with Crippen molar-refractivity contribution >= 4 is 57.4 Å². The number of benzene rings is 1. The molecule has 0 aliphatic carbocycles. The number of halogens is 3. The first-order valence-corrected chi connectivity index (χ1v) is 8.59. The fourth-order valence-corrected chi connectivity index (χ4v) is 2.70. The van der Waals surface area contributed by atoms with Gasteiger partial charge in [0.25, 0.3) is 9.70 Å². The zero-order valence-electron chi connectivity index (χ0n) is 13.7. The summed E-state index contributed by atoms with van der Waals surface area (Å²) in [7, 11) is 0. The van der Waals surface area contributed by atoms with E-state index in [9.17, 15) is 10.1 Å². The summed E-state index contributed by atoms with van der Waals surface area (Å²) in [4.78, 5) is 16.7. The van der Waals surface area contributed by atoms with Crippen LogP contribution in [-0.2, 0) is 4.79 Å². The Balaban J connectivity index is 2.18. The third-order valence-corrected chi connectivity index (χ3v) is 4.35. The second-order valence-corrected chi connectivity index (χ2v) is 7.93. The van der Waals surface area contributed by atoms with Gasteiger partial charge in [0.15, 0.2) is 11.6 Å². The highest BCUT2D eigenvalue weighted by molar-refractivity contribution is 6.76. The molecule has 1 aromatic carbocycles. The van der Waals surface area contributed by atoms with Crippen molar-refractivity contribution in [2.45, 2.75) is 17.6 Å². The maximum atomic E-state index is 12.0. The summed E-state index contributed by atoms with van der Waals surface area (Å²) in [6.07, 6.45) is 1.31. The highest BCUT2D eigenvalue weighted by Crippen LogP contribution is 2.30. The summed E-state index contributed by atoms with van der Waals surface area (Å²) < 4.78 is -0.836. The normalized spacial score (nSPS) is 11.4. The van der Waals surface area contributed by atoms with Gasteiger partial charge in [0.2, 0.25) is 0 Å². The largest absolute Gasteiger partial charge is 0.306 e. The van der Waals surface area contributed by atoms with Gasteiger partial charge in [0, 0.05) is 5.39 Å². The van der Waals surface area contributed by atoms with Crippen LogP contribution >= 0.6 is 34.8 Å². The number of fused-ring (bicyclic) bond motifs is 1. The van der Waals surface area contributed by atoms with Gasteiger partial charge >= 0.3 is 0 Å². The Hall–Kier alpha value is -2.33. The van der Waals surface area contributed by atoms with Crippen LogP contribution in [0.15, 0.2) is 30.5 Å². The van der Waals surface area contributed by atoms with Gasteiger partial charge in [-0.1, -0.05) is 53.0 Å². The maximum absolute atomic E-state index is 12.0. The number of aryl methyl sites for hydroxylation is 2. The SMILES string of the molecule is Cc1cc(-n2ncc(C#N)c2NC(=O)C(Cl)(Cl)Cl)nc2c(C)cccc12. The molecular formula is C17H12Cl3N5O. The standard InChI is InChI=1S/C17H12Cl3N5O/c1-9-4-3-5-12-10(2)6-13(23-14(9)12)25-15(11(7-21)8-22-25)24-16(26)17(18,19)20/h3-6,8H,1-2H3,(H,24,26). The molecule has 1 N–H and O–H groups in total. The number of carbonyl (C=O) groups excluding carboxylic acids is 1. The molecule has 0 aliphatic heterocycles. The van der Waals surface area contributed by atoms with E-state index in [0.717, 1.165) is 22.0 Å². The molecule has 26 heavy (non-hydrogen) atoms. The van der Waals surface area contributed by atoms with Crippen molar-refractivity contribution in [1.29, 1.82) is 5.26 Å². The summed E-state index contributed by atoms with van der Waals surface area (Å²) in [6, 6.07) is 9.64. The Bertz CT molecular complexity index is 1060. The third-order valence-electron chi connectivity index (χ3n) is 3.83. The van der Waals surface area contributed by atoms with Crippen LogP contribution < -0.4 is 5.32 Å². The second kappa shape index (κ2) is 6.76. The number of nitrogens with zero attached hydrogens (tertiary/aromatic N) is 4. The molecule has 0 aliphatic rings. The van der Waals surface area contributed by atoms with Crippen molar-refractivity contribution in [3.05, 3.63) is 47.2 Å². The van der Waals surface area contributed by atoms with E-state index in [-0.39, 0.29) is 11.4 Å². The molecule has 0 radical (unpaired) electrons. The van der Waals surface area contributed by atoms with Crippen LogP contribution in [0.4, 0.5) is 5.82 Å². The predicted octanol–water partition coefficient (Wildman–Crippen LogP) is 4.22. The molecule has 6 nitrogen and oxygen atoms in total. The van der Waals surface area contributed by atoms with Crippen molar-refractivity contribution < 1.29 is 4.79 Å². The molecule has 2 aromatic heterocycles. The van der Waals surface area contributed by atoms with Crippen molar-refractivity contribution in [1.82, 2.24) is 14.8 Å². The van der Waals surface area contributed by atoms with E-state index < -0.39 is 9.70 Å². The number of hydrogen-bond donors (Lipinski definition) is 1. The Morgan fingerprint density at radius 1 is 1.27 bits per heavy atom. The van der Waals surface area contributed by atoms with Crippen LogP contribution in [0, 0.1) is 25.2 Å². The lowest BCUT2D eigenvalue weighted by Crippen LogP contribution is -2.28. The maximum Gasteiger partial charge on any atom is 0.277 e. The summed E-state index contributed by atoms with van der Waals surface area (Å²) in [6.45, 7) is 3.90. The van der Waals surface area contributed by atoms with Crippen molar-refractivity contribution in [2.24, 2.45) is 0 Å². The predicted molar refractivity (Wildman–Crippen MR) is 102 cm³/mol. The van der Waals surface area contributed by atoms with Crippen LogP contribution in [0.25, 0.3) is 16.7 Å². The van der Waals surface area contributed by atoms with Crippen LogP contribution in [0.2, 0.25) is 0 Å². The number of nitriles is 1. The van der Waals surface area contributed by atoms with Crippen LogP contribution in [0.5, 0.6) is 0 Å². The van der Waals surface area contributed by atoms with E-state index in [0.29, 0.717) is 5.82 Å². The molecule has 0 bridgehead atoms. The van der Waals surface area contributed by atoms with Crippen LogP contribution in [0.1, 0.15) is 16.7 Å². The van der Waals surface area contributed by atoms with Crippen LogP contribution in [0.3, 0.4) is 0 Å². The number of hydrogen-bond acceptors (Lipinski definition) is 4. The molecule has 0 spiro atoms. The minimum atomic E-state index is -2.18. The number of carbonyl (C=O) groups is 1. The van der Waals surface area contributed by atoms with E-state index >= 15 is 0 Å². The van der Waals surface area contributed by atoms with Crippen molar-refractivity contribution in [2.75, 3.05) is 5.32 Å². The summed E-state index contributed by atoms with van der Waals surface area (Å²) in [5.74, 6) is -0.372. The first-order chi connectivity index (χ1) is 12.2. The van der Waals surface area contributed by atoms with E-state index in [1.54, 1.807) is 6.07 Å². The zero-order valence-corrected chi connectivity index (χ0v) is 16.0. The minimum absolute atomic E-state index is 0.0867. The molecule has 132 valence electrons. The summed E-state index contributed by atoms with van der Waals surface area (Å²) in [5, 5.41) is 16.9. The highest BCUT2D eigenvalue weighted by atomic mass is 35.6. The molecule has 9 heteroatoms. The quantitative estimate of drug-likeness (QED) is 0.644. The monoisotopic (exact) mass is 407 g/mol. The highest BCUT2D eigenvalue weighted by Gasteiger charge is 2.32. The Kier molecular flexibility index (Phi) is 4.80. The third kappa shape index (κ3) is 3.34. The fourth-order valence-electron chi connectivity index (χ4n) is 2.55. The van der Waals surface area contributed by atoms with E-state index in [1.165, 1.54) is 10.9 Å². The first-order valence-electron chi connectivity index (χ1n) is 7.46. The molecule has 0 saturated carbocycles. The van der Waals surface area contributed by atoms with Gasteiger partial charge in [-0.15, -0.1) is 0 Å². The van der Waals surface area contributed by atoms with Gasteiger partial charge in [-0.2, -0.15) is 15.0 Å². The minimum Gasteiger partial charge on any atom is -0.306 e. The number of nitrogens with one attached hydrogen (secondary N) is 1. The van der Waals surface area contributed by atoms with Gasteiger partial charge in [-0.3, -0.25) is 4.79 Å². The van der Waals surface area contributed by atoms with Crippen LogP contribution in [-0.4, -0.2) is 24.5 Å². The number of amides is 1. The number of para-hydroxylation sites is 1. The summed E-state index contributed by atoms with van der Waals surface area (Å²) in [5.41, 5.74) is 2.89. The number of aromatic nitrogens is 3. The number of rotatable bonds is 2. The van der Waals surface area contributed by atoms with E-state index in [1.807, 2.05) is 38.1 Å². The van der Waals surface area contributed by atoms with Gasteiger partial charge in [-0.05, 0) is 31.0 Å². The van der Waals surface area contributed by atoms with Crippen molar-refractivity contribution in [3.63, 3.8) is 0 Å². The van der Waals surface area contributed by atoms with E-state index in [2.05, 4.69) is 15.4 Å². The Labute approximate surface area is 164 Å². The zero-order chi connectivity index (χ0) is 19.1. The van der Waals surface area contributed by atoms with Crippen molar-refractivity contribution in [3.8, 4) is 11.9 Å². The number of pyridine rings is 1. The average Bonchev–Trinajstić information content (AvgIpc) is 2.97. The molecule has 1 amide bonds. The lowest BCUT2D eigenvalue weighted by molar-refractivity contribution is -0.115. The van der Waals surface area contributed by atoms with Gasteiger partial charge < -0.3 is 5.32 Å². The summed E-state index contributed by atoms with van der Waals surface area (Å²) >= 11 is 16.8. The number of alkyl halides is 3. The number of anilines is 1. The average molecular weight is 409 g/mol. The lowest BCUT2D eigenvalue weighted by atomic mass is 10.1. The second-order valence-electron chi connectivity index (χ2n) is 5.65. The molecular weight excluding hydrogens is 397 g/mol. The lowest BCUT2D eigenvalue weighted by Gasteiger charge is -2.14. The topological polar surface area (TPSA) is 83.6 Å². The van der Waals surface area contributed by atoms with Gasteiger partial charge in [0.1, 0.15) is 11.6 Å². The molecule has 0 unspecified atom stereocenters. The molecule has 0 atom stereocenters. The molecule has 3 aromatic rings. The first kappa shape index (κ1) is 18.5. The smallest absolute Gasteiger partial charge is 0.277 e. The molecule has 0 saturated heterocycles. The van der Waals surface area contributed by atoms with Gasteiger partial charge in [0.05, 0.1) is 11.7 Å². The van der Waals surface area contributed by atoms with E-state index in [4.69, 9.17) is 34.8 Å². The fraction of sp³-hybridized carbons (Fsp3) is 0.176. The Morgan fingerprint density at radius 2 is 2.00 bits per heavy atom.